The van der Waals surface area contributed by atoms with Crippen LogP contribution in [0.2, 0.25) is 0 Å². The number of fused-ring (bicyclic) bond motifs is 3. The molecule has 3 aromatic carbocycles. The Morgan fingerprint density at radius 3 is 1.71 bits per heavy atom. The van der Waals surface area contributed by atoms with Crippen molar-refractivity contribution in [2.45, 2.75) is 50.2 Å². The van der Waals surface area contributed by atoms with Gasteiger partial charge in [0.05, 0.1) is 58.0 Å². The maximum Gasteiger partial charge on any atom is 0.297 e. The summed E-state index contributed by atoms with van der Waals surface area (Å²) in [5, 5.41) is 48.0. The highest BCUT2D eigenvalue weighted by Gasteiger charge is 2.35. The van der Waals surface area contributed by atoms with Crippen molar-refractivity contribution >= 4 is 104 Å². The highest BCUT2D eigenvalue weighted by Crippen LogP contribution is 2.43. The molecular formula is C41H42N10O18S4. The van der Waals surface area contributed by atoms with Gasteiger partial charge in [-0.2, -0.15) is 43.9 Å². The largest absolute Gasteiger partial charge is 0.493 e. The van der Waals surface area contributed by atoms with Gasteiger partial charge in [0, 0.05) is 24.3 Å². The summed E-state index contributed by atoms with van der Waals surface area (Å²) in [6.45, 7) is 5.07. The van der Waals surface area contributed by atoms with E-state index in [0.717, 1.165) is 28.7 Å². The van der Waals surface area contributed by atoms with E-state index in [4.69, 9.17) is 15.2 Å². The molecule has 1 unspecified atom stereocenters. The number of amides is 1. The average molecular weight is 1090 g/mol. The fourth-order valence-corrected chi connectivity index (χ4v) is 8.89. The molecule has 1 aliphatic rings. The number of primary amides is 1. The third-order valence-electron chi connectivity index (χ3n) is 10.6. The molecule has 2 aromatic heterocycles. The molecule has 1 atom stereocenters. The monoisotopic (exact) mass is 1090 g/mol. The third kappa shape index (κ3) is 13.0. The summed E-state index contributed by atoms with van der Waals surface area (Å²) in [6.07, 6.45) is 4.40. The summed E-state index contributed by atoms with van der Waals surface area (Å²) >= 11 is 0. The third-order valence-corrected chi connectivity index (χ3v) is 14.5. The van der Waals surface area contributed by atoms with Crippen molar-refractivity contribution < 1.29 is 76.2 Å². The average Bonchev–Trinajstić information content (AvgIpc) is 3.54. The smallest absolute Gasteiger partial charge is 0.297 e. The lowest BCUT2D eigenvalue weighted by Gasteiger charge is -2.16. The molecule has 0 fully saturated rings. The summed E-state index contributed by atoms with van der Waals surface area (Å²) < 4.78 is 143. The van der Waals surface area contributed by atoms with E-state index in [1.807, 2.05) is 0 Å². The lowest BCUT2D eigenvalue weighted by atomic mass is 10.1. The zero-order valence-corrected chi connectivity index (χ0v) is 41.6. The number of nitrogens with zero attached hydrogens (tertiary/aromatic N) is 9. The molecule has 28 nitrogen and oxygen atoms in total. The summed E-state index contributed by atoms with van der Waals surface area (Å²) in [6, 6.07) is 7.85. The van der Waals surface area contributed by atoms with Crippen LogP contribution in [0.5, 0.6) is 17.4 Å². The number of carbonyl (C=O) groups excluding carboxylic acids is 1. The van der Waals surface area contributed by atoms with Crippen molar-refractivity contribution in [2.75, 3.05) is 24.7 Å². The normalized spacial score (nSPS) is 15.4. The number of aryl methyl sites for hydroxylation is 2. The number of hydrogen-bond donors (Lipinski definition) is 6. The first kappa shape index (κ1) is 54.9. The van der Waals surface area contributed by atoms with Gasteiger partial charge in [0.1, 0.15) is 43.9 Å². The van der Waals surface area contributed by atoms with Crippen LogP contribution >= 0.6 is 0 Å². The summed E-state index contributed by atoms with van der Waals surface area (Å²) in [4.78, 5) is 26.8. The molecule has 32 heteroatoms. The molecule has 73 heavy (non-hydrogen) atoms. The van der Waals surface area contributed by atoms with Crippen molar-refractivity contribution in [1.29, 1.82) is 0 Å². The SMILES string of the molecule is Cc1cc(N=Nc2c(C)c(C(N)=O)c3nc4c(n3c2O)C=CC(C)(S(=O)(=O)O)C=C4)c(OCCCS(=O)(=O)O)cc1N=Nc1cc(C)c(N=Nc2ccc([N+](=O)[O-])cc2S(=O)(=O)O)cc1OCCCS(=O)(=O)O. The van der Waals surface area contributed by atoms with Crippen molar-refractivity contribution in [3.63, 3.8) is 0 Å². The Balaban J connectivity index is 1.43. The van der Waals surface area contributed by atoms with Crippen molar-refractivity contribution in [1.82, 2.24) is 9.38 Å². The Bertz CT molecular complexity index is 3720. The van der Waals surface area contributed by atoms with Gasteiger partial charge in [0.25, 0.3) is 52.1 Å². The Morgan fingerprint density at radius 1 is 0.740 bits per heavy atom. The predicted molar refractivity (Wildman–Crippen MR) is 259 cm³/mol. The van der Waals surface area contributed by atoms with Crippen molar-refractivity contribution in [2.24, 2.45) is 36.4 Å². The van der Waals surface area contributed by atoms with Crippen LogP contribution in [0.4, 0.5) is 39.8 Å². The van der Waals surface area contributed by atoms with Crippen LogP contribution in [0.25, 0.3) is 17.8 Å². The summed E-state index contributed by atoms with van der Waals surface area (Å²) in [5.74, 6) is -3.19. The fourth-order valence-electron chi connectivity index (χ4n) is 6.80. The van der Waals surface area contributed by atoms with E-state index in [-0.39, 0.29) is 94.2 Å². The maximum absolute atomic E-state index is 12.9. The molecule has 5 aromatic rings. The van der Waals surface area contributed by atoms with Gasteiger partial charge in [-0.25, -0.2) is 4.98 Å². The Morgan fingerprint density at radius 2 is 1.23 bits per heavy atom. The molecular weight excluding hydrogens is 1050 g/mol. The molecule has 388 valence electrons. The number of ether oxygens (including phenoxy) is 2. The molecule has 0 spiro atoms. The highest BCUT2D eigenvalue weighted by atomic mass is 32.2. The first-order chi connectivity index (χ1) is 33.9. The number of imidazole rings is 1. The first-order valence-corrected chi connectivity index (χ1v) is 26.9. The number of non-ortho nitro benzene ring substituents is 1. The molecule has 0 bridgehead atoms. The molecule has 6 rings (SSSR count). The van der Waals surface area contributed by atoms with Gasteiger partial charge in [0.2, 0.25) is 5.88 Å². The fraction of sp³-hybridized carbons (Fsp3) is 0.268. The number of nitro groups is 1. The summed E-state index contributed by atoms with van der Waals surface area (Å²) in [5.41, 5.74) is 4.86. The number of azo groups is 3. The number of nitrogens with two attached hydrogens (primary N) is 1. The van der Waals surface area contributed by atoms with Crippen LogP contribution in [0.15, 0.2) is 90.2 Å². The van der Waals surface area contributed by atoms with Crippen molar-refractivity contribution in [3.8, 4) is 17.4 Å². The van der Waals surface area contributed by atoms with Crippen LogP contribution in [-0.4, -0.2) is 107 Å². The topological polar surface area (TPSA) is 434 Å². The van der Waals surface area contributed by atoms with Gasteiger partial charge in [-0.15, -0.1) is 20.5 Å². The van der Waals surface area contributed by atoms with Gasteiger partial charge < -0.3 is 20.3 Å². The van der Waals surface area contributed by atoms with E-state index in [1.54, 1.807) is 6.92 Å². The standard InChI is InChI=1S/C41H42N10O18S4/c1-22-17-30(33(68-13-5-15-70(56,57)58)20-28(22)45-44-27-8-7-25(51(54)55)19-35(27)72(62,63)64)47-46-29-21-34(69-14-6-16-71(59,60)61)31(18-23(29)2)48-49-37-24(3)36(38(42)52)39-43-26-9-11-41(4,73(65,66)67)12-10-32(26)50(39)40(37)53/h7-12,17-21,53H,5-6,13-16H2,1-4H3,(H2,42,52)(H,56,57,58)(H,59,60,61)(H,62,63,64)(H,65,66,67). The number of aromatic hydroxyl groups is 1. The molecule has 0 radical (unpaired) electrons. The lowest BCUT2D eigenvalue weighted by molar-refractivity contribution is -0.385. The zero-order chi connectivity index (χ0) is 54.0. The molecule has 0 saturated heterocycles. The Kier molecular flexibility index (Phi) is 15.7. The molecule has 2 heterocycles. The van der Waals surface area contributed by atoms with Gasteiger partial charge in [-0.3, -0.25) is 37.5 Å². The molecule has 1 aliphatic carbocycles. The van der Waals surface area contributed by atoms with Gasteiger partial charge >= 0.3 is 0 Å². The molecule has 0 saturated carbocycles. The van der Waals surface area contributed by atoms with Crippen LogP contribution in [0, 0.1) is 30.9 Å². The molecule has 0 aliphatic heterocycles. The quantitative estimate of drug-likeness (QED) is 0.0145. The van der Waals surface area contributed by atoms with Gasteiger partial charge in [-0.1, -0.05) is 12.2 Å². The summed E-state index contributed by atoms with van der Waals surface area (Å²) in [7, 11) is -18.5. The number of carbonyl (C=O) groups is 1. The lowest BCUT2D eigenvalue weighted by Crippen LogP contribution is -2.29. The second kappa shape index (κ2) is 20.9. The number of nitro benzene ring substituents is 1. The van der Waals surface area contributed by atoms with E-state index >= 15 is 0 Å². The van der Waals surface area contributed by atoms with Gasteiger partial charge in [0.15, 0.2) is 5.65 Å². The minimum Gasteiger partial charge on any atom is -0.493 e. The zero-order valence-electron chi connectivity index (χ0n) is 38.4. The molecule has 7 N–H and O–H groups in total. The van der Waals surface area contributed by atoms with E-state index in [2.05, 4.69) is 35.7 Å². The van der Waals surface area contributed by atoms with Gasteiger partial charge in [-0.05, 0) is 87.6 Å². The predicted octanol–water partition coefficient (Wildman–Crippen LogP) is 7.47. The second-order valence-corrected chi connectivity index (χ2v) is 22.4. The van der Waals surface area contributed by atoms with Crippen LogP contribution in [0.1, 0.15) is 58.2 Å². The Labute approximate surface area is 414 Å². The van der Waals surface area contributed by atoms with Crippen LogP contribution < -0.4 is 15.2 Å². The number of hydrogen-bond acceptors (Lipinski definition) is 21. The number of rotatable bonds is 20. The highest BCUT2D eigenvalue weighted by molar-refractivity contribution is 7.87. The van der Waals surface area contributed by atoms with Crippen molar-refractivity contribution in [3.05, 3.63) is 98.4 Å². The van der Waals surface area contributed by atoms with E-state index < -0.39 is 89.7 Å². The van der Waals surface area contributed by atoms with E-state index in [1.165, 1.54) is 57.2 Å². The second-order valence-electron chi connectivity index (χ2n) is 16.1. The van der Waals surface area contributed by atoms with Crippen LogP contribution in [-0.2, 0) is 40.5 Å². The van der Waals surface area contributed by atoms with E-state index in [0.29, 0.717) is 17.2 Å². The number of pyridine rings is 1. The maximum atomic E-state index is 12.9. The number of benzene rings is 3. The van der Waals surface area contributed by atoms with Crippen LogP contribution in [0.3, 0.4) is 0 Å². The minimum absolute atomic E-state index is 0.00649. The Hall–Kier alpha value is -7.46. The van der Waals surface area contributed by atoms with E-state index in [9.17, 15) is 71.9 Å². The first-order valence-electron chi connectivity index (χ1n) is 20.8. The molecule has 1 amide bonds. The number of aromatic nitrogens is 2. The minimum atomic E-state index is -5.03.